The maximum atomic E-state index is 10.2. The molecule has 0 aliphatic carbocycles. The van der Waals surface area contributed by atoms with E-state index in [1.54, 1.807) is 18.2 Å². The standard InChI is InChI=1S/C20H22O9/c21-9-16-17(25)18(26)19(27)20(29-16)28-15-4-3-10(7-14(15)24)1-2-11-5-12(22)8-13(23)6-11/h1-8,16-27H,9H2/b2-1+/t16-,17-,18+,19-,20-/m0/s1. The van der Waals surface area contributed by atoms with Crippen molar-refractivity contribution in [2.45, 2.75) is 30.7 Å². The maximum absolute atomic E-state index is 10.2. The van der Waals surface area contributed by atoms with Crippen molar-refractivity contribution >= 4 is 12.2 Å². The predicted octanol–water partition coefficient (Wildman–Crippen LogP) is 0.152. The van der Waals surface area contributed by atoms with Crippen molar-refractivity contribution in [2.24, 2.45) is 0 Å². The van der Waals surface area contributed by atoms with Crippen LogP contribution >= 0.6 is 0 Å². The molecule has 0 amide bonds. The smallest absolute Gasteiger partial charge is 0.229 e. The van der Waals surface area contributed by atoms with E-state index in [9.17, 15) is 35.7 Å². The Morgan fingerprint density at radius 2 is 1.48 bits per heavy atom. The summed E-state index contributed by atoms with van der Waals surface area (Å²) >= 11 is 0. The van der Waals surface area contributed by atoms with Crippen LogP contribution in [0.25, 0.3) is 12.2 Å². The third kappa shape index (κ3) is 4.78. The van der Waals surface area contributed by atoms with Crippen molar-refractivity contribution in [3.63, 3.8) is 0 Å². The minimum Gasteiger partial charge on any atom is -0.508 e. The van der Waals surface area contributed by atoms with Crippen molar-refractivity contribution in [3.8, 4) is 23.0 Å². The highest BCUT2D eigenvalue weighted by molar-refractivity contribution is 5.72. The molecule has 1 fully saturated rings. The molecule has 7 N–H and O–H groups in total. The Kier molecular flexibility index (Phi) is 6.26. The van der Waals surface area contributed by atoms with Crippen molar-refractivity contribution in [1.29, 1.82) is 0 Å². The number of hydrogen-bond donors (Lipinski definition) is 7. The lowest BCUT2D eigenvalue weighted by Crippen LogP contribution is -2.60. The minimum atomic E-state index is -1.59. The fraction of sp³-hybridized carbons (Fsp3) is 0.300. The van der Waals surface area contributed by atoms with Gasteiger partial charge in [0.15, 0.2) is 11.5 Å². The molecule has 5 atom stereocenters. The molecule has 29 heavy (non-hydrogen) atoms. The summed E-state index contributed by atoms with van der Waals surface area (Å²) in [5.74, 6) is -0.490. The third-order valence-corrected chi connectivity index (χ3v) is 4.47. The molecule has 0 bridgehead atoms. The Hall–Kier alpha value is -2.82. The summed E-state index contributed by atoms with van der Waals surface area (Å²) < 4.78 is 10.6. The van der Waals surface area contributed by atoms with Crippen LogP contribution in [-0.2, 0) is 4.74 Å². The summed E-state index contributed by atoms with van der Waals surface area (Å²) in [5.41, 5.74) is 1.12. The number of hydrogen-bond acceptors (Lipinski definition) is 9. The van der Waals surface area contributed by atoms with E-state index in [1.807, 2.05) is 0 Å². The fourth-order valence-corrected chi connectivity index (χ4v) is 2.93. The summed E-state index contributed by atoms with van der Waals surface area (Å²) in [6.45, 7) is -0.592. The molecule has 0 saturated carbocycles. The Bertz CT molecular complexity index is 860. The van der Waals surface area contributed by atoms with E-state index in [0.29, 0.717) is 11.1 Å². The lowest BCUT2D eigenvalue weighted by molar-refractivity contribution is -0.277. The van der Waals surface area contributed by atoms with E-state index in [0.717, 1.165) is 0 Å². The Balaban J connectivity index is 1.73. The Morgan fingerprint density at radius 3 is 2.10 bits per heavy atom. The number of rotatable bonds is 5. The van der Waals surface area contributed by atoms with Crippen LogP contribution in [0.15, 0.2) is 36.4 Å². The molecule has 2 aromatic carbocycles. The summed E-state index contributed by atoms with van der Waals surface area (Å²) in [6, 6.07) is 8.49. The average molecular weight is 406 g/mol. The van der Waals surface area contributed by atoms with Gasteiger partial charge in [-0.1, -0.05) is 18.2 Å². The zero-order chi connectivity index (χ0) is 21.1. The molecule has 156 valence electrons. The van der Waals surface area contributed by atoms with Gasteiger partial charge >= 0.3 is 0 Å². The summed E-state index contributed by atoms with van der Waals surface area (Å²) in [7, 11) is 0. The molecule has 3 rings (SSSR count). The van der Waals surface area contributed by atoms with Crippen molar-refractivity contribution in [2.75, 3.05) is 6.61 Å². The van der Waals surface area contributed by atoms with Gasteiger partial charge in [0.25, 0.3) is 0 Å². The van der Waals surface area contributed by atoms with E-state index >= 15 is 0 Å². The van der Waals surface area contributed by atoms with Crippen LogP contribution in [-0.4, -0.2) is 73.1 Å². The van der Waals surface area contributed by atoms with Gasteiger partial charge in [-0.2, -0.15) is 0 Å². The zero-order valence-electron chi connectivity index (χ0n) is 15.2. The quantitative estimate of drug-likeness (QED) is 0.343. The van der Waals surface area contributed by atoms with Crippen LogP contribution in [0.5, 0.6) is 23.0 Å². The molecule has 1 saturated heterocycles. The number of aromatic hydroxyl groups is 3. The van der Waals surface area contributed by atoms with Crippen LogP contribution in [0.2, 0.25) is 0 Å². The monoisotopic (exact) mass is 406 g/mol. The van der Waals surface area contributed by atoms with E-state index in [4.69, 9.17) is 9.47 Å². The van der Waals surface area contributed by atoms with Crippen molar-refractivity contribution in [3.05, 3.63) is 47.5 Å². The van der Waals surface area contributed by atoms with E-state index in [1.165, 1.54) is 30.3 Å². The number of benzene rings is 2. The van der Waals surface area contributed by atoms with Crippen LogP contribution in [0.4, 0.5) is 0 Å². The van der Waals surface area contributed by atoms with Crippen LogP contribution in [0.1, 0.15) is 11.1 Å². The molecule has 9 heteroatoms. The molecule has 0 aromatic heterocycles. The topological polar surface area (TPSA) is 160 Å². The lowest BCUT2D eigenvalue weighted by atomic mass is 9.99. The van der Waals surface area contributed by atoms with Gasteiger partial charge in [-0.25, -0.2) is 0 Å². The first-order valence-corrected chi connectivity index (χ1v) is 8.80. The van der Waals surface area contributed by atoms with Crippen molar-refractivity contribution < 1.29 is 45.2 Å². The number of phenols is 3. The van der Waals surface area contributed by atoms with Crippen LogP contribution in [0, 0.1) is 0 Å². The zero-order valence-corrected chi connectivity index (χ0v) is 15.2. The number of ether oxygens (including phenoxy) is 2. The first kappa shape index (κ1) is 20.9. The third-order valence-electron chi connectivity index (χ3n) is 4.47. The normalized spacial score (nSPS) is 27.2. The van der Waals surface area contributed by atoms with Gasteiger partial charge in [0.2, 0.25) is 6.29 Å². The second-order valence-corrected chi connectivity index (χ2v) is 6.66. The molecule has 1 aliphatic rings. The highest BCUT2D eigenvalue weighted by Gasteiger charge is 2.44. The molecule has 1 heterocycles. The minimum absolute atomic E-state index is 0.0403. The van der Waals surface area contributed by atoms with Gasteiger partial charge < -0.3 is 45.2 Å². The van der Waals surface area contributed by atoms with E-state index in [-0.39, 0.29) is 23.0 Å². The number of aliphatic hydroxyl groups excluding tert-OH is 4. The molecule has 1 aliphatic heterocycles. The Labute approximate surface area is 165 Å². The summed E-state index contributed by atoms with van der Waals surface area (Å²) in [6.07, 6.45) is -3.97. The lowest BCUT2D eigenvalue weighted by Gasteiger charge is -2.39. The fourth-order valence-electron chi connectivity index (χ4n) is 2.93. The number of aliphatic hydroxyl groups is 4. The molecular formula is C20H22O9. The van der Waals surface area contributed by atoms with Crippen LogP contribution in [0.3, 0.4) is 0 Å². The molecule has 9 nitrogen and oxygen atoms in total. The largest absolute Gasteiger partial charge is 0.508 e. The molecule has 0 spiro atoms. The van der Waals surface area contributed by atoms with Crippen LogP contribution < -0.4 is 4.74 Å². The van der Waals surface area contributed by atoms with Gasteiger partial charge in [-0.05, 0) is 35.4 Å². The molecular weight excluding hydrogens is 384 g/mol. The first-order chi connectivity index (χ1) is 13.8. The van der Waals surface area contributed by atoms with Crippen molar-refractivity contribution in [1.82, 2.24) is 0 Å². The predicted molar refractivity (Wildman–Crippen MR) is 101 cm³/mol. The second kappa shape index (κ2) is 8.68. The summed E-state index contributed by atoms with van der Waals surface area (Å²) in [4.78, 5) is 0. The SMILES string of the molecule is OC[C@@H]1O[C@H](Oc2ccc(/C=C/c3cc(O)cc(O)c3)cc2O)[C@@H](O)[C@H](O)[C@H]1O. The van der Waals surface area contributed by atoms with Gasteiger partial charge in [0, 0.05) is 6.07 Å². The maximum Gasteiger partial charge on any atom is 0.229 e. The van der Waals surface area contributed by atoms with Gasteiger partial charge in [-0.15, -0.1) is 0 Å². The van der Waals surface area contributed by atoms with Gasteiger partial charge in [-0.3, -0.25) is 0 Å². The molecule has 2 aromatic rings. The highest BCUT2D eigenvalue weighted by Crippen LogP contribution is 2.32. The Morgan fingerprint density at radius 1 is 0.828 bits per heavy atom. The van der Waals surface area contributed by atoms with E-state index in [2.05, 4.69) is 0 Å². The molecule has 0 unspecified atom stereocenters. The number of phenolic OH excluding ortho intramolecular Hbond substituents is 3. The second-order valence-electron chi connectivity index (χ2n) is 6.66. The molecule has 0 radical (unpaired) electrons. The summed E-state index contributed by atoms with van der Waals surface area (Å²) in [5, 5.41) is 68.0. The highest BCUT2D eigenvalue weighted by atomic mass is 16.7. The van der Waals surface area contributed by atoms with E-state index < -0.39 is 37.3 Å². The first-order valence-electron chi connectivity index (χ1n) is 8.80. The van der Waals surface area contributed by atoms with Gasteiger partial charge in [0.05, 0.1) is 6.61 Å². The average Bonchev–Trinajstić information content (AvgIpc) is 2.67. The van der Waals surface area contributed by atoms with Gasteiger partial charge in [0.1, 0.15) is 35.9 Å².